The van der Waals surface area contributed by atoms with Gasteiger partial charge in [0.15, 0.2) is 5.96 Å². The lowest BCUT2D eigenvalue weighted by atomic mass is 10.2. The minimum atomic E-state index is 0. The first-order valence-corrected chi connectivity index (χ1v) is 10.6. The van der Waals surface area contributed by atoms with Crippen molar-refractivity contribution in [1.82, 2.24) is 30.3 Å². The molecule has 0 atom stereocenters. The highest BCUT2D eigenvalue weighted by Gasteiger charge is 2.20. The standard InChI is InChI=1S/C21H32N8O.HI/c1-3-19-26-25-17-29(19)12-11-24-21(22-2)23-10-9-20(30)28-15-13-27(14-16-28)18-7-5-4-6-8-18;/h4-8,17H,3,9-16H2,1-2H3,(H2,22,23,24);1H. The fourth-order valence-corrected chi connectivity index (χ4v) is 3.55. The van der Waals surface area contributed by atoms with Gasteiger partial charge in [0.05, 0.1) is 0 Å². The maximum atomic E-state index is 12.5. The van der Waals surface area contributed by atoms with E-state index in [4.69, 9.17) is 0 Å². The maximum Gasteiger partial charge on any atom is 0.224 e. The lowest BCUT2D eigenvalue weighted by Crippen LogP contribution is -2.49. The van der Waals surface area contributed by atoms with Crippen LogP contribution >= 0.6 is 24.0 Å². The summed E-state index contributed by atoms with van der Waals surface area (Å²) in [5.74, 6) is 1.85. The summed E-state index contributed by atoms with van der Waals surface area (Å²) in [7, 11) is 1.73. The van der Waals surface area contributed by atoms with E-state index in [0.717, 1.165) is 45.0 Å². The molecule has 1 aromatic carbocycles. The number of amides is 1. The van der Waals surface area contributed by atoms with Crippen molar-refractivity contribution in [2.45, 2.75) is 26.3 Å². The largest absolute Gasteiger partial charge is 0.368 e. The van der Waals surface area contributed by atoms with Crippen LogP contribution in [0.1, 0.15) is 19.2 Å². The molecule has 0 saturated carbocycles. The molecule has 2 heterocycles. The monoisotopic (exact) mass is 540 g/mol. The molecule has 0 radical (unpaired) electrons. The van der Waals surface area contributed by atoms with Crippen LogP contribution in [-0.4, -0.2) is 77.8 Å². The molecule has 1 aliphatic heterocycles. The van der Waals surface area contributed by atoms with Gasteiger partial charge in [-0.2, -0.15) is 0 Å². The second-order valence-corrected chi connectivity index (χ2v) is 7.17. The van der Waals surface area contributed by atoms with Gasteiger partial charge in [-0.1, -0.05) is 25.1 Å². The van der Waals surface area contributed by atoms with E-state index in [1.54, 1.807) is 13.4 Å². The molecule has 0 bridgehead atoms. The topological polar surface area (TPSA) is 90.7 Å². The number of hydrogen-bond acceptors (Lipinski definition) is 5. The van der Waals surface area contributed by atoms with Gasteiger partial charge in [0, 0.05) is 71.4 Å². The van der Waals surface area contributed by atoms with Gasteiger partial charge < -0.3 is 25.0 Å². The Morgan fingerprint density at radius 1 is 1.10 bits per heavy atom. The molecule has 1 saturated heterocycles. The SMILES string of the molecule is CCc1nncn1CCNC(=NC)NCCC(=O)N1CCN(c2ccccc2)CC1.I. The first-order chi connectivity index (χ1) is 14.7. The normalized spacial score (nSPS) is 14.2. The fourth-order valence-electron chi connectivity index (χ4n) is 3.55. The molecular formula is C21H33IN8O. The number of rotatable bonds is 8. The van der Waals surface area contributed by atoms with Crippen molar-refractivity contribution in [1.29, 1.82) is 0 Å². The number of benzene rings is 1. The molecule has 0 spiro atoms. The van der Waals surface area contributed by atoms with Crippen LogP contribution in [0.4, 0.5) is 5.69 Å². The fraction of sp³-hybridized carbons (Fsp3) is 0.524. The molecule has 170 valence electrons. The minimum absolute atomic E-state index is 0. The van der Waals surface area contributed by atoms with Crippen molar-refractivity contribution >= 4 is 41.5 Å². The van der Waals surface area contributed by atoms with Gasteiger partial charge in [0.25, 0.3) is 0 Å². The summed E-state index contributed by atoms with van der Waals surface area (Å²) in [5, 5.41) is 14.5. The predicted octanol–water partition coefficient (Wildman–Crippen LogP) is 1.36. The van der Waals surface area contributed by atoms with E-state index in [9.17, 15) is 4.79 Å². The number of nitrogens with zero attached hydrogens (tertiary/aromatic N) is 6. The van der Waals surface area contributed by atoms with E-state index in [1.165, 1.54) is 5.69 Å². The molecule has 2 N–H and O–H groups in total. The third-order valence-corrected chi connectivity index (χ3v) is 5.27. The molecular weight excluding hydrogens is 507 g/mol. The van der Waals surface area contributed by atoms with Crippen LogP contribution in [0.3, 0.4) is 0 Å². The van der Waals surface area contributed by atoms with Gasteiger partial charge in [-0.05, 0) is 12.1 Å². The Morgan fingerprint density at radius 3 is 2.48 bits per heavy atom. The van der Waals surface area contributed by atoms with E-state index in [-0.39, 0.29) is 29.9 Å². The maximum absolute atomic E-state index is 12.5. The van der Waals surface area contributed by atoms with Crippen molar-refractivity contribution in [3.63, 3.8) is 0 Å². The average molecular weight is 540 g/mol. The number of nitrogens with one attached hydrogen (secondary N) is 2. The molecule has 1 aromatic heterocycles. The number of para-hydroxylation sites is 1. The Balaban J connectivity index is 0.00000341. The Bertz CT molecular complexity index is 818. The first-order valence-electron chi connectivity index (χ1n) is 10.6. The number of anilines is 1. The van der Waals surface area contributed by atoms with Crippen LogP contribution in [0.5, 0.6) is 0 Å². The molecule has 0 aliphatic carbocycles. The highest BCUT2D eigenvalue weighted by molar-refractivity contribution is 14.0. The van der Waals surface area contributed by atoms with E-state index in [0.29, 0.717) is 25.5 Å². The third-order valence-electron chi connectivity index (χ3n) is 5.27. The van der Waals surface area contributed by atoms with E-state index < -0.39 is 0 Å². The molecule has 0 unspecified atom stereocenters. The summed E-state index contributed by atoms with van der Waals surface area (Å²) in [5.41, 5.74) is 1.22. The number of piperazine rings is 1. The van der Waals surface area contributed by atoms with Crippen molar-refractivity contribution in [3.8, 4) is 0 Å². The summed E-state index contributed by atoms with van der Waals surface area (Å²) in [6, 6.07) is 10.4. The van der Waals surface area contributed by atoms with Crippen molar-refractivity contribution in [3.05, 3.63) is 42.5 Å². The minimum Gasteiger partial charge on any atom is -0.368 e. The zero-order valence-corrected chi connectivity index (χ0v) is 20.7. The summed E-state index contributed by atoms with van der Waals surface area (Å²) in [6.45, 7) is 7.36. The number of carbonyl (C=O) groups is 1. The molecule has 1 aliphatic rings. The van der Waals surface area contributed by atoms with Crippen LogP contribution in [-0.2, 0) is 17.8 Å². The molecule has 2 aromatic rings. The summed E-state index contributed by atoms with van der Waals surface area (Å²) in [4.78, 5) is 21.0. The van der Waals surface area contributed by atoms with Crippen LogP contribution in [0.25, 0.3) is 0 Å². The van der Waals surface area contributed by atoms with E-state index in [2.05, 4.69) is 61.9 Å². The number of carbonyl (C=O) groups excluding carboxylic acids is 1. The predicted molar refractivity (Wildman–Crippen MR) is 134 cm³/mol. The molecule has 10 heteroatoms. The van der Waals surface area contributed by atoms with Gasteiger partial charge in [0.2, 0.25) is 5.91 Å². The Labute approximate surface area is 201 Å². The summed E-state index contributed by atoms with van der Waals surface area (Å²) >= 11 is 0. The van der Waals surface area contributed by atoms with Gasteiger partial charge >= 0.3 is 0 Å². The van der Waals surface area contributed by atoms with Gasteiger partial charge in [-0.25, -0.2) is 0 Å². The molecule has 31 heavy (non-hydrogen) atoms. The van der Waals surface area contributed by atoms with Crippen LogP contribution in [0.2, 0.25) is 0 Å². The van der Waals surface area contributed by atoms with Crippen molar-refractivity contribution in [2.75, 3.05) is 51.2 Å². The highest BCUT2D eigenvalue weighted by Crippen LogP contribution is 2.15. The van der Waals surface area contributed by atoms with Gasteiger partial charge in [-0.15, -0.1) is 34.2 Å². The summed E-state index contributed by atoms with van der Waals surface area (Å²) < 4.78 is 2.03. The zero-order chi connectivity index (χ0) is 21.2. The van der Waals surface area contributed by atoms with Crippen molar-refractivity contribution < 1.29 is 4.79 Å². The lowest BCUT2D eigenvalue weighted by Gasteiger charge is -2.36. The number of aryl methyl sites for hydroxylation is 1. The number of halogens is 1. The smallest absolute Gasteiger partial charge is 0.224 e. The molecule has 9 nitrogen and oxygen atoms in total. The second-order valence-electron chi connectivity index (χ2n) is 7.17. The lowest BCUT2D eigenvalue weighted by molar-refractivity contribution is -0.131. The highest BCUT2D eigenvalue weighted by atomic mass is 127. The molecule has 3 rings (SSSR count). The van der Waals surface area contributed by atoms with Gasteiger partial charge in [0.1, 0.15) is 12.2 Å². The van der Waals surface area contributed by atoms with E-state index in [1.807, 2.05) is 15.5 Å². The van der Waals surface area contributed by atoms with Gasteiger partial charge in [-0.3, -0.25) is 9.79 Å². The average Bonchev–Trinajstić information content (AvgIpc) is 3.26. The van der Waals surface area contributed by atoms with Crippen LogP contribution in [0.15, 0.2) is 41.7 Å². The Hall–Kier alpha value is -2.37. The second kappa shape index (κ2) is 13.1. The molecule has 1 fully saturated rings. The number of guanidine groups is 1. The number of aromatic nitrogens is 3. The third kappa shape index (κ3) is 7.37. The number of aliphatic imine (C=N–C) groups is 1. The van der Waals surface area contributed by atoms with E-state index >= 15 is 0 Å². The van der Waals surface area contributed by atoms with Crippen LogP contribution in [0, 0.1) is 0 Å². The van der Waals surface area contributed by atoms with Crippen molar-refractivity contribution in [2.24, 2.45) is 4.99 Å². The zero-order valence-electron chi connectivity index (χ0n) is 18.3. The summed E-state index contributed by atoms with van der Waals surface area (Å²) in [6.07, 6.45) is 3.05. The Kier molecular flexibility index (Phi) is 10.5. The Morgan fingerprint density at radius 2 is 1.81 bits per heavy atom. The first kappa shape index (κ1) is 24.9. The molecule has 1 amide bonds. The number of hydrogen-bond donors (Lipinski definition) is 2. The van der Waals surface area contributed by atoms with Crippen LogP contribution < -0.4 is 15.5 Å². The quantitative estimate of drug-likeness (QED) is 0.299.